The van der Waals surface area contributed by atoms with E-state index in [1.165, 1.54) is 45.6 Å². The molecule has 170 valence electrons. The molecule has 2 aliphatic rings. The monoisotopic (exact) mass is 432 g/mol. The summed E-state index contributed by atoms with van der Waals surface area (Å²) < 4.78 is 10.4. The molecule has 5 atom stereocenters. The number of nitrogens with one attached hydrogen (secondary N) is 1. The maximum absolute atomic E-state index is 13.2. The lowest BCUT2D eigenvalue weighted by Crippen LogP contribution is -2.52. The second-order valence-corrected chi connectivity index (χ2v) is 8.74. The van der Waals surface area contributed by atoms with Crippen molar-refractivity contribution in [3.63, 3.8) is 0 Å². The van der Waals surface area contributed by atoms with Crippen molar-refractivity contribution in [1.82, 2.24) is 10.2 Å². The number of rotatable bonds is 9. The second-order valence-electron chi connectivity index (χ2n) is 8.74. The van der Waals surface area contributed by atoms with Crippen LogP contribution in [0.25, 0.3) is 0 Å². The molecule has 0 aliphatic heterocycles. The zero-order valence-corrected chi connectivity index (χ0v) is 18.6. The van der Waals surface area contributed by atoms with E-state index in [1.54, 1.807) is 13.0 Å². The number of ether oxygens (including phenoxy) is 2. The van der Waals surface area contributed by atoms with E-state index in [-0.39, 0.29) is 17.5 Å². The van der Waals surface area contributed by atoms with Crippen molar-refractivity contribution in [2.45, 2.75) is 51.6 Å². The van der Waals surface area contributed by atoms with Gasteiger partial charge in [-0.1, -0.05) is 6.42 Å². The second kappa shape index (κ2) is 9.58. The summed E-state index contributed by atoms with van der Waals surface area (Å²) in [5, 5.41) is 12.4. The van der Waals surface area contributed by atoms with E-state index in [0.29, 0.717) is 23.3 Å². The number of carbonyl (C=O) groups is 3. The largest absolute Gasteiger partial charge is 0.497 e. The molecule has 5 unspecified atom stereocenters. The van der Waals surface area contributed by atoms with Crippen molar-refractivity contribution in [1.29, 1.82) is 0 Å². The fraction of sp³-hybridized carbons (Fsp3) is 0.609. The number of benzene rings is 1. The number of aliphatic carboxylic acids is 1. The van der Waals surface area contributed by atoms with Gasteiger partial charge >= 0.3 is 5.97 Å². The Morgan fingerprint density at radius 2 is 1.74 bits per heavy atom. The van der Waals surface area contributed by atoms with Gasteiger partial charge in [0.2, 0.25) is 5.91 Å². The van der Waals surface area contributed by atoms with E-state index in [9.17, 15) is 19.5 Å². The lowest BCUT2D eigenvalue weighted by Gasteiger charge is -2.32. The van der Waals surface area contributed by atoms with Crippen molar-refractivity contribution in [3.05, 3.63) is 23.8 Å². The highest BCUT2D eigenvalue weighted by Crippen LogP contribution is 2.49. The highest BCUT2D eigenvalue weighted by atomic mass is 16.5. The first kappa shape index (κ1) is 22.9. The predicted octanol–water partition coefficient (Wildman–Crippen LogP) is 2.56. The average molecular weight is 433 g/mol. The molecule has 1 aromatic rings. The summed E-state index contributed by atoms with van der Waals surface area (Å²) in [6.07, 6.45) is 4.86. The summed E-state index contributed by atoms with van der Waals surface area (Å²) >= 11 is 0. The lowest BCUT2D eigenvalue weighted by molar-refractivity contribution is -0.139. The minimum absolute atomic E-state index is 0.0102. The molecule has 1 aromatic carbocycles. The van der Waals surface area contributed by atoms with E-state index < -0.39 is 24.5 Å². The number of carboxylic acids is 1. The standard InChI is InChI=1S/C23H32N2O6/c1-13(20-8-15-5-6-16(20)7-15)24-22(28)14(2)25(12-21(26)27)23(29)17-9-18(30-3)11-19(10-17)31-4/h9-11,13-16,20H,5-8,12H2,1-4H3,(H,24,28)(H,26,27). The van der Waals surface area contributed by atoms with Gasteiger partial charge in [-0.2, -0.15) is 0 Å². The van der Waals surface area contributed by atoms with Gasteiger partial charge in [0.25, 0.3) is 5.91 Å². The first-order valence-corrected chi connectivity index (χ1v) is 10.8. The third-order valence-electron chi connectivity index (χ3n) is 6.82. The fourth-order valence-electron chi connectivity index (χ4n) is 5.13. The van der Waals surface area contributed by atoms with Gasteiger partial charge in [-0.3, -0.25) is 14.4 Å². The number of nitrogens with zero attached hydrogens (tertiary/aromatic N) is 1. The van der Waals surface area contributed by atoms with Crippen LogP contribution >= 0.6 is 0 Å². The van der Waals surface area contributed by atoms with Gasteiger partial charge in [0.1, 0.15) is 24.1 Å². The molecule has 2 saturated carbocycles. The van der Waals surface area contributed by atoms with Crippen LogP contribution in [0, 0.1) is 17.8 Å². The molecule has 2 fully saturated rings. The summed E-state index contributed by atoms with van der Waals surface area (Å²) in [6.45, 7) is 2.98. The molecule has 0 saturated heterocycles. The van der Waals surface area contributed by atoms with Crippen LogP contribution in [-0.2, 0) is 9.59 Å². The van der Waals surface area contributed by atoms with Crippen LogP contribution in [0.15, 0.2) is 18.2 Å². The van der Waals surface area contributed by atoms with Gasteiger partial charge in [-0.25, -0.2) is 0 Å². The number of hydrogen-bond acceptors (Lipinski definition) is 5. The van der Waals surface area contributed by atoms with Gasteiger partial charge in [0.05, 0.1) is 14.2 Å². The van der Waals surface area contributed by atoms with Gasteiger partial charge < -0.3 is 24.8 Å². The maximum atomic E-state index is 13.2. The molecule has 3 rings (SSSR count). The fourth-order valence-corrected chi connectivity index (χ4v) is 5.13. The van der Waals surface area contributed by atoms with Crippen LogP contribution in [0.2, 0.25) is 0 Å². The summed E-state index contributed by atoms with van der Waals surface area (Å²) in [4.78, 5) is 38.7. The van der Waals surface area contributed by atoms with E-state index in [4.69, 9.17) is 9.47 Å². The Kier molecular flexibility index (Phi) is 7.08. The lowest BCUT2D eigenvalue weighted by atomic mass is 9.84. The topological polar surface area (TPSA) is 105 Å². The van der Waals surface area contributed by atoms with E-state index in [2.05, 4.69) is 5.32 Å². The van der Waals surface area contributed by atoms with E-state index in [0.717, 1.165) is 17.2 Å². The minimum atomic E-state index is -1.19. The Morgan fingerprint density at radius 3 is 2.23 bits per heavy atom. The number of carboxylic acid groups (broad SMARTS) is 1. The Balaban J connectivity index is 1.75. The van der Waals surface area contributed by atoms with Gasteiger partial charge in [0, 0.05) is 17.7 Å². The van der Waals surface area contributed by atoms with E-state index >= 15 is 0 Å². The van der Waals surface area contributed by atoms with Crippen molar-refractivity contribution in [3.8, 4) is 11.5 Å². The van der Waals surface area contributed by atoms with E-state index in [1.807, 2.05) is 6.92 Å². The molecule has 2 N–H and O–H groups in total. The number of hydrogen-bond donors (Lipinski definition) is 2. The molecule has 31 heavy (non-hydrogen) atoms. The predicted molar refractivity (Wildman–Crippen MR) is 114 cm³/mol. The van der Waals surface area contributed by atoms with Crippen molar-refractivity contribution in [2.24, 2.45) is 17.8 Å². The first-order chi connectivity index (χ1) is 14.7. The van der Waals surface area contributed by atoms with Crippen molar-refractivity contribution >= 4 is 17.8 Å². The molecular formula is C23H32N2O6. The van der Waals surface area contributed by atoms with Gasteiger partial charge in [0.15, 0.2) is 0 Å². The third-order valence-corrected chi connectivity index (χ3v) is 6.82. The van der Waals surface area contributed by atoms with Crippen molar-refractivity contribution < 1.29 is 29.0 Å². The molecule has 2 bridgehead atoms. The Labute approximate surface area is 182 Å². The quantitative estimate of drug-likeness (QED) is 0.621. The zero-order valence-electron chi connectivity index (χ0n) is 18.6. The zero-order chi connectivity index (χ0) is 22.7. The SMILES string of the molecule is COc1cc(OC)cc(C(=O)N(CC(=O)O)C(C)C(=O)NC(C)C2CC3CCC2C3)c1. The smallest absolute Gasteiger partial charge is 0.323 e. The average Bonchev–Trinajstić information content (AvgIpc) is 3.39. The summed E-state index contributed by atoms with van der Waals surface area (Å²) in [5.74, 6) is 0.552. The van der Waals surface area contributed by atoms with Gasteiger partial charge in [-0.15, -0.1) is 0 Å². The normalized spacial score (nSPS) is 23.7. The van der Waals surface area contributed by atoms with Crippen molar-refractivity contribution in [2.75, 3.05) is 20.8 Å². The molecule has 0 spiro atoms. The Morgan fingerprint density at radius 1 is 1.10 bits per heavy atom. The molecule has 8 heteroatoms. The maximum Gasteiger partial charge on any atom is 0.323 e. The van der Waals surface area contributed by atoms with Crippen LogP contribution in [-0.4, -0.2) is 60.6 Å². The Bertz CT molecular complexity index is 819. The van der Waals surface area contributed by atoms with Crippen LogP contribution in [0.3, 0.4) is 0 Å². The Hall–Kier alpha value is -2.77. The van der Waals surface area contributed by atoms with Crippen LogP contribution in [0.5, 0.6) is 11.5 Å². The molecule has 0 radical (unpaired) electrons. The summed E-state index contributed by atoms with van der Waals surface area (Å²) in [6, 6.07) is 3.67. The molecule has 2 amide bonds. The molecule has 2 aliphatic carbocycles. The molecule has 8 nitrogen and oxygen atoms in total. The van der Waals surface area contributed by atoms with Crippen LogP contribution < -0.4 is 14.8 Å². The third kappa shape index (κ3) is 5.11. The van der Waals surface area contributed by atoms with Crippen LogP contribution in [0.1, 0.15) is 49.9 Å². The molecular weight excluding hydrogens is 400 g/mol. The number of amides is 2. The number of carbonyl (C=O) groups excluding carboxylic acids is 2. The molecule has 0 aromatic heterocycles. The highest BCUT2D eigenvalue weighted by Gasteiger charge is 2.42. The minimum Gasteiger partial charge on any atom is -0.497 e. The number of methoxy groups -OCH3 is 2. The first-order valence-electron chi connectivity index (χ1n) is 10.8. The highest BCUT2D eigenvalue weighted by molar-refractivity contribution is 5.99. The van der Waals surface area contributed by atoms with Crippen LogP contribution in [0.4, 0.5) is 0 Å². The molecule has 0 heterocycles. The number of fused-ring (bicyclic) bond motifs is 2. The summed E-state index contributed by atoms with van der Waals surface area (Å²) in [5.41, 5.74) is 0.193. The summed E-state index contributed by atoms with van der Waals surface area (Å²) in [7, 11) is 2.93. The van der Waals surface area contributed by atoms with Gasteiger partial charge in [-0.05, 0) is 63.0 Å².